The summed E-state index contributed by atoms with van der Waals surface area (Å²) in [7, 11) is 0. The number of esters is 1. The summed E-state index contributed by atoms with van der Waals surface area (Å²) in [5.74, 6) is -1.95. The van der Waals surface area contributed by atoms with Gasteiger partial charge in [0.25, 0.3) is 11.7 Å². The van der Waals surface area contributed by atoms with E-state index in [0.717, 1.165) is 31.2 Å². The number of aryl methyl sites for hydroxylation is 1. The van der Waals surface area contributed by atoms with Crippen LogP contribution in [-0.4, -0.2) is 46.7 Å². The molecule has 2 aromatic rings. The predicted octanol–water partition coefficient (Wildman–Crippen LogP) is 2.99. The van der Waals surface area contributed by atoms with Crippen LogP contribution in [0.3, 0.4) is 0 Å². The summed E-state index contributed by atoms with van der Waals surface area (Å²) < 4.78 is 5.20. The number of ether oxygens (including phenoxy) is 1. The number of ketones is 1. The molecule has 1 aliphatic heterocycles. The lowest BCUT2D eigenvalue weighted by Gasteiger charge is -2.23. The van der Waals surface area contributed by atoms with E-state index >= 15 is 0 Å². The number of carbonyl (C=O) groups excluding carboxylic acids is 3. The Bertz CT molecular complexity index is 831. The Morgan fingerprint density at radius 1 is 1.08 bits per heavy atom. The molecule has 1 aromatic carbocycles. The van der Waals surface area contributed by atoms with Crippen LogP contribution < -0.4 is 0 Å². The first kappa shape index (κ1) is 18.2. The van der Waals surface area contributed by atoms with Crippen molar-refractivity contribution < 1.29 is 19.1 Å². The molecule has 3 rings (SSSR count). The second-order valence-corrected chi connectivity index (χ2v) is 6.79. The van der Waals surface area contributed by atoms with E-state index in [1.807, 2.05) is 18.2 Å². The van der Waals surface area contributed by atoms with Crippen LogP contribution in [0.4, 0.5) is 0 Å². The molecular weight excluding hydrogens is 332 g/mol. The van der Waals surface area contributed by atoms with Crippen molar-refractivity contribution >= 4 is 28.6 Å². The second kappa shape index (κ2) is 7.72. The maximum absolute atomic E-state index is 12.6. The average molecular weight is 356 g/mol. The number of carbonyl (C=O) groups is 3. The summed E-state index contributed by atoms with van der Waals surface area (Å²) in [6.07, 6.45) is 3.17. The first-order chi connectivity index (χ1) is 12.5. The first-order valence-electron chi connectivity index (χ1n) is 9.10. The SMILES string of the molecule is Cc1[nH]c2ccccc2c1C(=O)C(=O)O[C@H](C)C(=O)N1CCCCCC1. The standard InChI is InChI=1S/C20H24N2O4/c1-13-17(15-9-5-6-10-16(15)21-13)18(23)20(25)26-14(2)19(24)22-11-7-3-4-8-12-22/h5-6,9-10,14,21H,3-4,7-8,11-12H2,1-2H3/t14-/m1/s1. The second-order valence-electron chi connectivity index (χ2n) is 6.79. The highest BCUT2D eigenvalue weighted by Gasteiger charge is 2.29. The predicted molar refractivity (Wildman–Crippen MR) is 98.0 cm³/mol. The largest absolute Gasteiger partial charge is 0.447 e. The molecule has 0 spiro atoms. The van der Waals surface area contributed by atoms with Crippen molar-refractivity contribution in [2.45, 2.75) is 45.6 Å². The number of benzene rings is 1. The third-order valence-corrected chi connectivity index (χ3v) is 4.86. The van der Waals surface area contributed by atoms with E-state index in [-0.39, 0.29) is 5.91 Å². The lowest BCUT2D eigenvalue weighted by atomic mass is 10.1. The van der Waals surface area contributed by atoms with Crippen LogP contribution in [0.25, 0.3) is 10.9 Å². The van der Waals surface area contributed by atoms with E-state index in [2.05, 4.69) is 4.98 Å². The molecule has 1 N–H and O–H groups in total. The van der Waals surface area contributed by atoms with Gasteiger partial charge in [-0.2, -0.15) is 0 Å². The van der Waals surface area contributed by atoms with Crippen LogP contribution >= 0.6 is 0 Å². The molecule has 6 heteroatoms. The van der Waals surface area contributed by atoms with Crippen LogP contribution in [0.5, 0.6) is 0 Å². The lowest BCUT2D eigenvalue weighted by Crippen LogP contribution is -2.41. The Labute approximate surface area is 152 Å². The molecule has 1 atom stereocenters. The van der Waals surface area contributed by atoms with Crippen LogP contribution in [-0.2, 0) is 14.3 Å². The zero-order chi connectivity index (χ0) is 18.7. The van der Waals surface area contributed by atoms with Gasteiger partial charge in [0.2, 0.25) is 0 Å². The molecule has 0 saturated carbocycles. The van der Waals surface area contributed by atoms with E-state index < -0.39 is 17.9 Å². The molecule has 2 heterocycles. The molecular formula is C20H24N2O4. The summed E-state index contributed by atoms with van der Waals surface area (Å²) in [5, 5.41) is 0.679. The number of rotatable bonds is 4. The van der Waals surface area contributed by atoms with Crippen LogP contribution in [0.1, 0.15) is 48.7 Å². The summed E-state index contributed by atoms with van der Waals surface area (Å²) >= 11 is 0. The van der Waals surface area contributed by atoms with Gasteiger partial charge in [-0.25, -0.2) is 4.79 Å². The molecule has 1 saturated heterocycles. The van der Waals surface area contributed by atoms with Crippen molar-refractivity contribution in [2.24, 2.45) is 0 Å². The number of Topliss-reactive ketones (excluding diaryl/α,β-unsaturated/α-hetero) is 1. The third-order valence-electron chi connectivity index (χ3n) is 4.86. The normalized spacial score (nSPS) is 16.2. The minimum atomic E-state index is -0.992. The van der Waals surface area contributed by atoms with Crippen molar-refractivity contribution in [3.63, 3.8) is 0 Å². The molecule has 0 bridgehead atoms. The Morgan fingerprint density at radius 3 is 2.42 bits per heavy atom. The number of hydrogen-bond acceptors (Lipinski definition) is 4. The van der Waals surface area contributed by atoms with Crippen molar-refractivity contribution in [2.75, 3.05) is 13.1 Å². The van der Waals surface area contributed by atoms with Gasteiger partial charge in [0.1, 0.15) is 0 Å². The molecule has 1 fully saturated rings. The van der Waals surface area contributed by atoms with Crippen LogP contribution in [0.2, 0.25) is 0 Å². The molecule has 26 heavy (non-hydrogen) atoms. The summed E-state index contributed by atoms with van der Waals surface area (Å²) in [4.78, 5) is 42.3. The summed E-state index contributed by atoms with van der Waals surface area (Å²) in [6.45, 7) is 4.62. The Balaban J connectivity index is 1.71. The number of likely N-dealkylation sites (tertiary alicyclic amines) is 1. The zero-order valence-electron chi connectivity index (χ0n) is 15.2. The van der Waals surface area contributed by atoms with Gasteiger partial charge in [-0.15, -0.1) is 0 Å². The number of aromatic nitrogens is 1. The van der Waals surface area contributed by atoms with Gasteiger partial charge < -0.3 is 14.6 Å². The number of H-pyrrole nitrogens is 1. The topological polar surface area (TPSA) is 79.5 Å². The van der Waals surface area contributed by atoms with Gasteiger partial charge in [-0.3, -0.25) is 9.59 Å². The molecule has 0 aliphatic carbocycles. The van der Waals surface area contributed by atoms with E-state index in [1.54, 1.807) is 17.9 Å². The fourth-order valence-corrected chi connectivity index (χ4v) is 3.48. The van der Waals surface area contributed by atoms with E-state index in [9.17, 15) is 14.4 Å². The van der Waals surface area contributed by atoms with Crippen molar-refractivity contribution in [1.82, 2.24) is 9.88 Å². The van der Waals surface area contributed by atoms with Gasteiger partial charge in [0, 0.05) is 29.7 Å². The Morgan fingerprint density at radius 2 is 1.73 bits per heavy atom. The smallest absolute Gasteiger partial charge is 0.380 e. The van der Waals surface area contributed by atoms with Gasteiger partial charge >= 0.3 is 5.97 Å². The third kappa shape index (κ3) is 3.64. The molecule has 138 valence electrons. The highest BCUT2D eigenvalue weighted by atomic mass is 16.6. The van der Waals surface area contributed by atoms with Crippen molar-refractivity contribution in [1.29, 1.82) is 0 Å². The van der Waals surface area contributed by atoms with E-state index in [0.29, 0.717) is 29.7 Å². The summed E-state index contributed by atoms with van der Waals surface area (Å²) in [5.41, 5.74) is 1.70. The molecule has 0 radical (unpaired) electrons. The number of amides is 1. The molecule has 0 unspecified atom stereocenters. The highest BCUT2D eigenvalue weighted by Crippen LogP contribution is 2.23. The quantitative estimate of drug-likeness (QED) is 0.519. The average Bonchev–Trinajstić information content (AvgIpc) is 2.79. The monoisotopic (exact) mass is 356 g/mol. The highest BCUT2D eigenvalue weighted by molar-refractivity contribution is 6.43. The Kier molecular flexibility index (Phi) is 5.40. The lowest BCUT2D eigenvalue weighted by molar-refractivity contribution is -0.155. The van der Waals surface area contributed by atoms with Gasteiger partial charge in [0.15, 0.2) is 6.10 Å². The number of para-hydroxylation sites is 1. The molecule has 1 aromatic heterocycles. The van der Waals surface area contributed by atoms with Crippen LogP contribution in [0, 0.1) is 6.92 Å². The number of nitrogens with zero attached hydrogens (tertiary/aromatic N) is 1. The van der Waals surface area contributed by atoms with Gasteiger partial charge in [-0.05, 0) is 32.8 Å². The Hall–Kier alpha value is -2.63. The van der Waals surface area contributed by atoms with Crippen molar-refractivity contribution in [3.8, 4) is 0 Å². The minimum Gasteiger partial charge on any atom is -0.447 e. The van der Waals surface area contributed by atoms with E-state index in [1.165, 1.54) is 6.92 Å². The zero-order valence-corrected chi connectivity index (χ0v) is 15.2. The van der Waals surface area contributed by atoms with Gasteiger partial charge in [0.05, 0.1) is 5.56 Å². The van der Waals surface area contributed by atoms with Gasteiger partial charge in [-0.1, -0.05) is 31.0 Å². The number of hydrogen-bond donors (Lipinski definition) is 1. The number of fused-ring (bicyclic) bond motifs is 1. The fraction of sp³-hybridized carbons (Fsp3) is 0.450. The maximum atomic E-state index is 12.6. The minimum absolute atomic E-state index is 0.233. The maximum Gasteiger partial charge on any atom is 0.380 e. The number of aromatic amines is 1. The fourth-order valence-electron chi connectivity index (χ4n) is 3.48. The molecule has 6 nitrogen and oxygen atoms in total. The molecule has 1 aliphatic rings. The van der Waals surface area contributed by atoms with Crippen LogP contribution in [0.15, 0.2) is 24.3 Å². The van der Waals surface area contributed by atoms with E-state index in [4.69, 9.17) is 4.74 Å². The summed E-state index contributed by atoms with van der Waals surface area (Å²) in [6, 6.07) is 7.29. The first-order valence-corrected chi connectivity index (χ1v) is 9.10. The van der Waals surface area contributed by atoms with Crippen molar-refractivity contribution in [3.05, 3.63) is 35.5 Å². The molecule has 1 amide bonds. The number of nitrogens with one attached hydrogen (secondary N) is 1.